The summed E-state index contributed by atoms with van der Waals surface area (Å²) in [7, 11) is 1.98. The van der Waals surface area contributed by atoms with Crippen LogP contribution < -0.4 is 10.2 Å². The lowest BCUT2D eigenvalue weighted by molar-refractivity contribution is 0.955. The van der Waals surface area contributed by atoms with Crippen LogP contribution in [-0.2, 0) is 0 Å². The third kappa shape index (κ3) is 2.45. The molecule has 1 aromatic rings. The topological polar surface area (TPSA) is 15.3 Å². The van der Waals surface area contributed by atoms with Crippen LogP contribution in [0.1, 0.15) is 12.5 Å². The smallest absolute Gasteiger partial charge is 0.173 e. The number of aryl methyl sites for hydroxylation is 1. The highest BCUT2D eigenvalue weighted by atomic mass is 32.1. The average Bonchev–Trinajstić information content (AvgIpc) is 2.18. The SMILES string of the molecule is CCNC(=S)N(C)c1ccccc1C. The Bertz CT molecular complexity index is 323. The molecule has 0 heterocycles. The fourth-order valence-electron chi connectivity index (χ4n) is 1.32. The summed E-state index contributed by atoms with van der Waals surface area (Å²) < 4.78 is 0. The zero-order valence-electron chi connectivity index (χ0n) is 8.87. The van der Waals surface area contributed by atoms with E-state index in [1.54, 1.807) is 0 Å². The van der Waals surface area contributed by atoms with E-state index in [9.17, 15) is 0 Å². The lowest BCUT2D eigenvalue weighted by Crippen LogP contribution is -2.37. The van der Waals surface area contributed by atoms with E-state index in [1.807, 2.05) is 31.0 Å². The minimum absolute atomic E-state index is 0.766. The number of nitrogens with one attached hydrogen (secondary N) is 1. The second kappa shape index (κ2) is 4.96. The molecule has 0 aliphatic heterocycles. The Hall–Kier alpha value is -1.09. The standard InChI is InChI=1S/C11H16N2S/c1-4-12-11(14)13(3)10-8-6-5-7-9(10)2/h5-8H,4H2,1-3H3,(H,12,14). The van der Waals surface area contributed by atoms with Gasteiger partial charge in [-0.25, -0.2) is 0 Å². The molecule has 0 unspecified atom stereocenters. The lowest BCUT2D eigenvalue weighted by Gasteiger charge is -2.22. The van der Waals surface area contributed by atoms with E-state index in [0.29, 0.717) is 0 Å². The Labute approximate surface area is 90.9 Å². The van der Waals surface area contributed by atoms with Gasteiger partial charge in [-0.05, 0) is 37.7 Å². The minimum atomic E-state index is 0.766. The van der Waals surface area contributed by atoms with Crippen molar-refractivity contribution >= 4 is 23.0 Å². The van der Waals surface area contributed by atoms with Gasteiger partial charge in [0.05, 0.1) is 0 Å². The number of benzene rings is 1. The van der Waals surface area contributed by atoms with Gasteiger partial charge < -0.3 is 10.2 Å². The molecular formula is C11H16N2S. The zero-order chi connectivity index (χ0) is 10.6. The highest BCUT2D eigenvalue weighted by Crippen LogP contribution is 2.17. The van der Waals surface area contributed by atoms with E-state index in [4.69, 9.17) is 12.2 Å². The Morgan fingerprint density at radius 1 is 1.43 bits per heavy atom. The lowest BCUT2D eigenvalue weighted by atomic mass is 10.2. The van der Waals surface area contributed by atoms with Crippen LogP contribution in [0.3, 0.4) is 0 Å². The molecule has 0 spiro atoms. The first-order chi connectivity index (χ1) is 6.66. The number of hydrogen-bond donors (Lipinski definition) is 1. The van der Waals surface area contributed by atoms with Gasteiger partial charge >= 0.3 is 0 Å². The molecule has 0 aliphatic rings. The molecular weight excluding hydrogens is 192 g/mol. The van der Waals surface area contributed by atoms with Gasteiger partial charge in [0.25, 0.3) is 0 Å². The number of hydrogen-bond acceptors (Lipinski definition) is 1. The van der Waals surface area contributed by atoms with Gasteiger partial charge in [0, 0.05) is 19.3 Å². The molecule has 0 amide bonds. The van der Waals surface area contributed by atoms with Crippen molar-refractivity contribution < 1.29 is 0 Å². The number of thiocarbonyl (C=S) groups is 1. The van der Waals surface area contributed by atoms with Crippen molar-refractivity contribution in [3.8, 4) is 0 Å². The van der Waals surface area contributed by atoms with Crippen molar-refractivity contribution in [1.29, 1.82) is 0 Å². The molecule has 1 N–H and O–H groups in total. The second-order valence-electron chi connectivity index (χ2n) is 3.18. The zero-order valence-corrected chi connectivity index (χ0v) is 9.69. The first-order valence-corrected chi connectivity index (χ1v) is 5.14. The van der Waals surface area contributed by atoms with Gasteiger partial charge in [-0.15, -0.1) is 0 Å². The van der Waals surface area contributed by atoms with Crippen molar-refractivity contribution in [2.24, 2.45) is 0 Å². The molecule has 2 nitrogen and oxygen atoms in total. The van der Waals surface area contributed by atoms with Crippen LogP contribution in [0.4, 0.5) is 5.69 Å². The van der Waals surface area contributed by atoms with E-state index in [0.717, 1.165) is 17.3 Å². The van der Waals surface area contributed by atoms with Gasteiger partial charge in [0.2, 0.25) is 0 Å². The maximum absolute atomic E-state index is 5.23. The predicted molar refractivity (Wildman–Crippen MR) is 65.9 cm³/mol. The normalized spacial score (nSPS) is 9.64. The fourth-order valence-corrected chi connectivity index (χ4v) is 1.56. The first-order valence-electron chi connectivity index (χ1n) is 4.74. The molecule has 1 aromatic carbocycles. The third-order valence-corrected chi connectivity index (χ3v) is 2.53. The largest absolute Gasteiger partial charge is 0.363 e. The molecule has 1 rings (SSSR count). The van der Waals surface area contributed by atoms with Gasteiger partial charge in [0.15, 0.2) is 5.11 Å². The molecule has 0 saturated carbocycles. The highest BCUT2D eigenvalue weighted by molar-refractivity contribution is 7.80. The summed E-state index contributed by atoms with van der Waals surface area (Å²) in [5.41, 5.74) is 2.38. The van der Waals surface area contributed by atoms with E-state index in [2.05, 4.69) is 24.4 Å². The second-order valence-corrected chi connectivity index (χ2v) is 3.57. The van der Waals surface area contributed by atoms with Crippen LogP contribution in [-0.4, -0.2) is 18.7 Å². The Morgan fingerprint density at radius 3 is 2.64 bits per heavy atom. The van der Waals surface area contributed by atoms with E-state index in [1.165, 1.54) is 5.56 Å². The third-order valence-electron chi connectivity index (χ3n) is 2.11. The van der Waals surface area contributed by atoms with Gasteiger partial charge in [0.1, 0.15) is 0 Å². The van der Waals surface area contributed by atoms with Crippen LogP contribution in [0, 0.1) is 6.92 Å². The molecule has 76 valence electrons. The van der Waals surface area contributed by atoms with Gasteiger partial charge in [-0.3, -0.25) is 0 Å². The summed E-state index contributed by atoms with van der Waals surface area (Å²) in [6, 6.07) is 8.20. The van der Waals surface area contributed by atoms with E-state index < -0.39 is 0 Å². The molecule has 0 saturated heterocycles. The molecule has 0 fully saturated rings. The summed E-state index contributed by atoms with van der Waals surface area (Å²) in [5, 5.41) is 3.89. The van der Waals surface area contributed by atoms with Crippen molar-refractivity contribution in [3.05, 3.63) is 29.8 Å². The van der Waals surface area contributed by atoms with E-state index >= 15 is 0 Å². The molecule has 0 aromatic heterocycles. The van der Waals surface area contributed by atoms with Crippen molar-refractivity contribution in [1.82, 2.24) is 5.32 Å². The summed E-state index contributed by atoms with van der Waals surface area (Å²) in [6.07, 6.45) is 0. The molecule has 0 atom stereocenters. The van der Waals surface area contributed by atoms with E-state index in [-0.39, 0.29) is 0 Å². The maximum Gasteiger partial charge on any atom is 0.173 e. The molecule has 0 aliphatic carbocycles. The van der Waals surface area contributed by atoms with Gasteiger partial charge in [-0.1, -0.05) is 18.2 Å². The average molecular weight is 208 g/mol. The Balaban J connectivity index is 2.84. The van der Waals surface area contributed by atoms with Crippen LogP contribution in [0.15, 0.2) is 24.3 Å². The van der Waals surface area contributed by atoms with Gasteiger partial charge in [-0.2, -0.15) is 0 Å². The Kier molecular flexibility index (Phi) is 3.89. The van der Waals surface area contributed by atoms with Crippen LogP contribution in [0.5, 0.6) is 0 Å². The molecule has 0 bridgehead atoms. The molecule has 14 heavy (non-hydrogen) atoms. The number of nitrogens with zero attached hydrogens (tertiary/aromatic N) is 1. The summed E-state index contributed by atoms with van der Waals surface area (Å²) in [5.74, 6) is 0. The van der Waals surface area contributed by atoms with Crippen LogP contribution >= 0.6 is 12.2 Å². The Morgan fingerprint density at radius 2 is 2.07 bits per heavy atom. The summed E-state index contributed by atoms with van der Waals surface area (Å²) in [4.78, 5) is 1.99. The van der Waals surface area contributed by atoms with Crippen LogP contribution in [0.2, 0.25) is 0 Å². The summed E-state index contributed by atoms with van der Waals surface area (Å²) in [6.45, 7) is 4.98. The predicted octanol–water partition coefficient (Wildman–Crippen LogP) is 2.33. The van der Waals surface area contributed by atoms with Crippen molar-refractivity contribution in [2.45, 2.75) is 13.8 Å². The molecule has 3 heteroatoms. The summed E-state index contributed by atoms with van der Waals surface area (Å²) >= 11 is 5.23. The highest BCUT2D eigenvalue weighted by Gasteiger charge is 2.06. The fraction of sp³-hybridized carbons (Fsp3) is 0.364. The monoisotopic (exact) mass is 208 g/mol. The quantitative estimate of drug-likeness (QED) is 0.751. The van der Waals surface area contributed by atoms with Crippen molar-refractivity contribution in [3.63, 3.8) is 0 Å². The number of rotatable bonds is 2. The first kappa shape index (κ1) is 11.0. The van der Waals surface area contributed by atoms with Crippen LogP contribution in [0.25, 0.3) is 0 Å². The number of anilines is 1. The van der Waals surface area contributed by atoms with Crippen molar-refractivity contribution in [2.75, 3.05) is 18.5 Å². The number of para-hydroxylation sites is 1. The minimum Gasteiger partial charge on any atom is -0.363 e. The maximum atomic E-state index is 5.23. The molecule has 0 radical (unpaired) electrons.